The fraction of sp³-hybridized carbons (Fsp3) is 0.0714. The van der Waals surface area contributed by atoms with Gasteiger partial charge in [0.25, 0.3) is 5.91 Å². The minimum atomic E-state index is -0.263. The van der Waals surface area contributed by atoms with Crippen molar-refractivity contribution in [2.24, 2.45) is 0 Å². The molecule has 2 aromatic carbocycles. The fourth-order valence-electron chi connectivity index (χ4n) is 1.48. The summed E-state index contributed by atoms with van der Waals surface area (Å²) in [4.78, 5) is 11.8. The van der Waals surface area contributed by atoms with Crippen molar-refractivity contribution in [2.75, 3.05) is 5.32 Å². The summed E-state index contributed by atoms with van der Waals surface area (Å²) < 4.78 is 0. The maximum Gasteiger partial charge on any atom is 0.255 e. The molecule has 2 rings (SSSR count). The van der Waals surface area contributed by atoms with Crippen molar-refractivity contribution < 1.29 is 9.90 Å². The smallest absolute Gasteiger partial charge is 0.255 e. The molecule has 0 heterocycles. The zero-order valence-electron chi connectivity index (χ0n) is 9.22. The lowest BCUT2D eigenvalue weighted by Crippen LogP contribution is -2.11. The van der Waals surface area contributed by atoms with Crippen molar-refractivity contribution in [1.29, 1.82) is 0 Å². The molecule has 3 nitrogen and oxygen atoms in total. The van der Waals surface area contributed by atoms with Crippen LogP contribution in [0.4, 0.5) is 5.69 Å². The Kier molecular flexibility index (Phi) is 3.52. The normalized spacial score (nSPS) is 9.94. The lowest BCUT2D eigenvalue weighted by atomic mass is 10.1. The molecule has 0 unspecified atom stereocenters. The number of carbonyl (C=O) groups is 1. The lowest BCUT2D eigenvalue weighted by molar-refractivity contribution is 0.102. The monoisotopic (exact) mass is 226 g/mol. The van der Waals surface area contributed by atoms with E-state index in [1.54, 1.807) is 24.3 Å². The Bertz CT molecular complexity index is 491. The zero-order valence-corrected chi connectivity index (χ0v) is 9.22. The predicted octanol–water partition coefficient (Wildman–Crippen LogP) is 2.87. The first-order chi connectivity index (χ1) is 8.29. The summed E-state index contributed by atoms with van der Waals surface area (Å²) in [6.45, 7) is -0.263. The van der Waals surface area contributed by atoms with Crippen LogP contribution in [0.1, 0.15) is 15.9 Å². The number of benzene rings is 2. The van der Waals surface area contributed by atoms with Crippen molar-refractivity contribution in [3.05, 3.63) is 65.7 Å². The lowest BCUT2D eigenvalue weighted by Gasteiger charge is -2.05. The summed E-state index contributed by atoms with van der Waals surface area (Å²) >= 11 is 0. The van der Waals surface area contributed by atoms with Crippen molar-refractivity contribution in [3.63, 3.8) is 0 Å². The van der Waals surface area contributed by atoms with Gasteiger partial charge in [-0.2, -0.15) is 0 Å². The van der Waals surface area contributed by atoms with Gasteiger partial charge in [-0.3, -0.25) is 4.79 Å². The van der Waals surface area contributed by atoms with Gasteiger partial charge in [0.1, 0.15) is 6.61 Å². The molecule has 1 amide bonds. The number of hydrogen-bond donors (Lipinski definition) is 1. The molecule has 1 radical (unpaired) electrons. The largest absolute Gasteiger partial charge is 0.322 e. The van der Waals surface area contributed by atoms with Gasteiger partial charge in [0.05, 0.1) is 0 Å². The van der Waals surface area contributed by atoms with Crippen LogP contribution in [0.25, 0.3) is 0 Å². The molecular formula is C14H12NO2. The molecule has 0 bridgehead atoms. The Morgan fingerprint density at radius 1 is 0.941 bits per heavy atom. The average molecular weight is 226 g/mol. The van der Waals surface area contributed by atoms with E-state index in [1.807, 2.05) is 30.3 Å². The number of amides is 1. The van der Waals surface area contributed by atoms with Gasteiger partial charge in [-0.05, 0) is 29.8 Å². The average Bonchev–Trinajstić information content (AvgIpc) is 2.40. The summed E-state index contributed by atoms with van der Waals surface area (Å²) in [6.07, 6.45) is 0. The van der Waals surface area contributed by atoms with Crippen LogP contribution in [-0.2, 0) is 11.7 Å². The summed E-state index contributed by atoms with van der Waals surface area (Å²) in [5.41, 5.74) is 1.98. The molecule has 0 saturated heterocycles. The first kappa shape index (κ1) is 11.4. The third kappa shape index (κ3) is 2.92. The van der Waals surface area contributed by atoms with Gasteiger partial charge in [-0.15, -0.1) is 0 Å². The Morgan fingerprint density at radius 2 is 1.59 bits per heavy atom. The van der Waals surface area contributed by atoms with E-state index in [2.05, 4.69) is 5.32 Å². The van der Waals surface area contributed by atoms with Crippen molar-refractivity contribution in [1.82, 2.24) is 0 Å². The van der Waals surface area contributed by atoms with Gasteiger partial charge in [-0.25, -0.2) is 5.11 Å². The second kappa shape index (κ2) is 5.27. The van der Waals surface area contributed by atoms with Gasteiger partial charge in [-0.1, -0.05) is 30.3 Å². The van der Waals surface area contributed by atoms with Crippen LogP contribution in [0.2, 0.25) is 0 Å². The molecule has 2 aromatic rings. The number of anilines is 1. The van der Waals surface area contributed by atoms with E-state index in [0.717, 1.165) is 5.69 Å². The van der Waals surface area contributed by atoms with Crippen LogP contribution < -0.4 is 5.32 Å². The molecule has 3 heteroatoms. The molecule has 0 aromatic heterocycles. The maximum absolute atomic E-state index is 11.8. The van der Waals surface area contributed by atoms with Gasteiger partial charge in [0.2, 0.25) is 0 Å². The third-order valence-electron chi connectivity index (χ3n) is 2.41. The summed E-state index contributed by atoms with van der Waals surface area (Å²) in [7, 11) is 0. The number of nitrogens with one attached hydrogen (secondary N) is 1. The molecule has 0 aliphatic carbocycles. The van der Waals surface area contributed by atoms with E-state index in [9.17, 15) is 9.90 Å². The highest BCUT2D eigenvalue weighted by molar-refractivity contribution is 6.04. The molecule has 0 aliphatic heterocycles. The highest BCUT2D eigenvalue weighted by atomic mass is 16.3. The van der Waals surface area contributed by atoms with Crippen LogP contribution in [0.15, 0.2) is 54.6 Å². The van der Waals surface area contributed by atoms with Crippen LogP contribution in [0, 0.1) is 0 Å². The first-order valence-corrected chi connectivity index (χ1v) is 5.33. The minimum Gasteiger partial charge on any atom is -0.322 e. The molecular weight excluding hydrogens is 214 g/mol. The van der Waals surface area contributed by atoms with Crippen LogP contribution >= 0.6 is 0 Å². The second-order valence-corrected chi connectivity index (χ2v) is 3.66. The maximum atomic E-state index is 11.8. The number of carbonyl (C=O) groups excluding carboxylic acids is 1. The SMILES string of the molecule is [O]Cc1ccc(C(=O)Nc2ccccc2)cc1. The Morgan fingerprint density at radius 3 is 2.18 bits per heavy atom. The summed E-state index contributed by atoms with van der Waals surface area (Å²) in [5.74, 6) is -0.173. The van der Waals surface area contributed by atoms with E-state index in [4.69, 9.17) is 0 Å². The number of para-hydroxylation sites is 1. The van der Waals surface area contributed by atoms with E-state index >= 15 is 0 Å². The summed E-state index contributed by atoms with van der Waals surface area (Å²) in [6, 6.07) is 15.9. The predicted molar refractivity (Wildman–Crippen MR) is 65.2 cm³/mol. The van der Waals surface area contributed by atoms with Gasteiger partial charge < -0.3 is 5.32 Å². The van der Waals surface area contributed by atoms with Gasteiger partial charge in [0, 0.05) is 11.3 Å². The standard InChI is InChI=1S/C14H12NO2/c16-10-11-6-8-12(9-7-11)14(17)15-13-4-2-1-3-5-13/h1-9H,10H2,(H,15,17). The Hall–Kier alpha value is -2.13. The third-order valence-corrected chi connectivity index (χ3v) is 2.41. The van der Waals surface area contributed by atoms with E-state index in [0.29, 0.717) is 11.1 Å². The van der Waals surface area contributed by atoms with Gasteiger partial charge >= 0.3 is 0 Å². The van der Waals surface area contributed by atoms with E-state index in [1.165, 1.54) is 0 Å². The Labute approximate surface area is 99.7 Å². The fourth-order valence-corrected chi connectivity index (χ4v) is 1.48. The molecule has 0 saturated carbocycles. The van der Waals surface area contributed by atoms with Crippen molar-refractivity contribution in [2.45, 2.75) is 6.61 Å². The minimum absolute atomic E-state index is 0.173. The van der Waals surface area contributed by atoms with Gasteiger partial charge in [0.15, 0.2) is 0 Å². The van der Waals surface area contributed by atoms with E-state index < -0.39 is 0 Å². The molecule has 0 aliphatic rings. The molecule has 0 spiro atoms. The highest BCUT2D eigenvalue weighted by Crippen LogP contribution is 2.09. The molecule has 0 atom stereocenters. The van der Waals surface area contributed by atoms with Crippen LogP contribution in [-0.4, -0.2) is 5.91 Å². The van der Waals surface area contributed by atoms with Crippen LogP contribution in [0.3, 0.4) is 0 Å². The summed E-state index contributed by atoms with van der Waals surface area (Å²) in [5, 5.41) is 13.4. The number of hydrogen-bond acceptors (Lipinski definition) is 1. The van der Waals surface area contributed by atoms with Crippen molar-refractivity contribution >= 4 is 11.6 Å². The highest BCUT2D eigenvalue weighted by Gasteiger charge is 2.05. The quantitative estimate of drug-likeness (QED) is 0.859. The molecule has 85 valence electrons. The topological polar surface area (TPSA) is 49.0 Å². The van der Waals surface area contributed by atoms with Crippen molar-refractivity contribution in [3.8, 4) is 0 Å². The molecule has 0 fully saturated rings. The Balaban J connectivity index is 2.09. The zero-order chi connectivity index (χ0) is 12.1. The van der Waals surface area contributed by atoms with Crippen LogP contribution in [0.5, 0.6) is 0 Å². The first-order valence-electron chi connectivity index (χ1n) is 5.33. The molecule has 1 N–H and O–H groups in total. The number of rotatable bonds is 3. The van der Waals surface area contributed by atoms with E-state index in [-0.39, 0.29) is 12.5 Å². The second-order valence-electron chi connectivity index (χ2n) is 3.66. The molecule has 17 heavy (non-hydrogen) atoms.